The minimum absolute atomic E-state index is 0.388. The van der Waals surface area contributed by atoms with E-state index < -0.39 is 0 Å². The number of hydrogen-bond donors (Lipinski definition) is 0. The summed E-state index contributed by atoms with van der Waals surface area (Å²) in [6.07, 6.45) is 7.16. The van der Waals surface area contributed by atoms with Gasteiger partial charge in [0.2, 0.25) is 0 Å². The molecule has 2 aromatic carbocycles. The predicted molar refractivity (Wildman–Crippen MR) is 133 cm³/mol. The molecule has 1 aromatic heterocycles. The van der Waals surface area contributed by atoms with Gasteiger partial charge in [0.15, 0.2) is 11.5 Å². The molecule has 1 unspecified atom stereocenters. The summed E-state index contributed by atoms with van der Waals surface area (Å²) in [5.41, 5.74) is 2.44. The van der Waals surface area contributed by atoms with E-state index in [9.17, 15) is 0 Å². The standard InChI is InChI=1S/C22H23IN3O4P/c1-4-15-11-16(5-6-18(15)23)26(31)22-17-12-20(29-9-7-27-2)21(30-10-8-28-3)13-19(17)24-14-25-22/h1,5-6,11-14H,7-10,31H2,2-3H3. The molecular formula is C22H23IN3O4P. The zero-order chi connectivity index (χ0) is 22.2. The maximum Gasteiger partial charge on any atom is 0.163 e. The van der Waals surface area contributed by atoms with E-state index in [-0.39, 0.29) is 0 Å². The Morgan fingerprint density at radius 3 is 2.32 bits per heavy atom. The van der Waals surface area contributed by atoms with Crippen LogP contribution >= 0.6 is 32.0 Å². The van der Waals surface area contributed by atoms with Gasteiger partial charge >= 0.3 is 0 Å². The number of hydrogen-bond acceptors (Lipinski definition) is 7. The number of fused-ring (bicyclic) bond motifs is 1. The van der Waals surface area contributed by atoms with Gasteiger partial charge in [-0.05, 0) is 56.2 Å². The molecule has 3 aromatic rings. The van der Waals surface area contributed by atoms with Crippen LogP contribution in [-0.4, -0.2) is 50.6 Å². The molecule has 0 saturated carbocycles. The third kappa shape index (κ3) is 5.74. The average Bonchev–Trinajstić information content (AvgIpc) is 2.79. The van der Waals surface area contributed by atoms with E-state index in [0.717, 1.165) is 25.7 Å². The molecule has 0 spiro atoms. The van der Waals surface area contributed by atoms with Crippen molar-refractivity contribution in [1.82, 2.24) is 9.97 Å². The lowest BCUT2D eigenvalue weighted by molar-refractivity contribution is 0.132. The molecule has 7 nitrogen and oxygen atoms in total. The lowest BCUT2D eigenvalue weighted by Crippen LogP contribution is -2.09. The maximum atomic E-state index is 5.91. The molecule has 0 aliphatic heterocycles. The van der Waals surface area contributed by atoms with Gasteiger partial charge in [0.25, 0.3) is 0 Å². The number of nitrogens with zero attached hydrogens (tertiary/aromatic N) is 3. The number of halogens is 1. The molecule has 162 valence electrons. The van der Waals surface area contributed by atoms with Crippen molar-refractivity contribution in [3.05, 3.63) is 45.8 Å². The Kier molecular flexibility index (Phi) is 8.67. The van der Waals surface area contributed by atoms with Crippen LogP contribution in [0.15, 0.2) is 36.7 Å². The Labute approximate surface area is 197 Å². The van der Waals surface area contributed by atoms with Crippen LogP contribution in [-0.2, 0) is 9.47 Å². The van der Waals surface area contributed by atoms with Crippen molar-refractivity contribution in [2.75, 3.05) is 45.3 Å². The molecule has 0 fully saturated rings. The maximum absolute atomic E-state index is 5.91. The van der Waals surface area contributed by atoms with Gasteiger partial charge in [-0.25, -0.2) is 9.97 Å². The molecule has 0 aliphatic rings. The van der Waals surface area contributed by atoms with Crippen molar-refractivity contribution < 1.29 is 18.9 Å². The minimum Gasteiger partial charge on any atom is -0.487 e. The molecule has 0 saturated heterocycles. The zero-order valence-corrected chi connectivity index (χ0v) is 20.6. The molecule has 1 heterocycles. The zero-order valence-electron chi connectivity index (χ0n) is 17.3. The largest absolute Gasteiger partial charge is 0.487 e. The molecule has 31 heavy (non-hydrogen) atoms. The third-order valence-electron chi connectivity index (χ3n) is 4.38. The van der Waals surface area contributed by atoms with Crippen molar-refractivity contribution in [2.24, 2.45) is 0 Å². The topological polar surface area (TPSA) is 65.9 Å². The summed E-state index contributed by atoms with van der Waals surface area (Å²) < 4.78 is 24.9. The number of rotatable bonds is 10. The molecule has 1 atom stereocenters. The van der Waals surface area contributed by atoms with Crippen molar-refractivity contribution in [2.45, 2.75) is 0 Å². The second-order valence-electron chi connectivity index (χ2n) is 6.37. The highest BCUT2D eigenvalue weighted by Crippen LogP contribution is 2.38. The van der Waals surface area contributed by atoms with Gasteiger partial charge in [-0.1, -0.05) is 5.92 Å². The molecule has 0 bridgehead atoms. The van der Waals surface area contributed by atoms with Crippen LogP contribution in [0.1, 0.15) is 5.56 Å². The highest BCUT2D eigenvalue weighted by molar-refractivity contribution is 14.1. The van der Waals surface area contributed by atoms with E-state index in [0.29, 0.717) is 43.7 Å². The van der Waals surface area contributed by atoms with Crippen LogP contribution in [0.25, 0.3) is 10.9 Å². The number of benzene rings is 2. The second kappa shape index (κ2) is 11.4. The number of ether oxygens (including phenoxy) is 4. The van der Waals surface area contributed by atoms with Crippen LogP contribution in [0, 0.1) is 15.9 Å². The molecule has 0 radical (unpaired) electrons. The Morgan fingerprint density at radius 2 is 1.68 bits per heavy atom. The van der Waals surface area contributed by atoms with E-state index in [1.165, 1.54) is 6.33 Å². The summed E-state index contributed by atoms with van der Waals surface area (Å²) in [5.74, 6) is 4.58. The van der Waals surface area contributed by atoms with Gasteiger partial charge in [0.1, 0.15) is 25.4 Å². The predicted octanol–water partition coefficient (Wildman–Crippen LogP) is 4.19. The first-order valence-corrected chi connectivity index (χ1v) is 11.0. The first-order chi connectivity index (χ1) is 15.1. The van der Waals surface area contributed by atoms with Gasteiger partial charge in [-0.2, -0.15) is 0 Å². The summed E-state index contributed by atoms with van der Waals surface area (Å²) in [5, 5.41) is 0.810. The summed E-state index contributed by atoms with van der Waals surface area (Å²) in [7, 11) is 5.95. The molecule has 3 rings (SSSR count). The fourth-order valence-electron chi connectivity index (χ4n) is 2.83. The fourth-order valence-corrected chi connectivity index (χ4v) is 3.69. The SMILES string of the molecule is C#Cc1cc(N(P)c2ncnc3cc(OCCOC)c(OCCOC)cc23)ccc1I. The van der Waals surface area contributed by atoms with Crippen LogP contribution in [0.3, 0.4) is 0 Å². The first kappa shape index (κ1) is 23.5. The Balaban J connectivity index is 2.03. The second-order valence-corrected chi connectivity index (χ2v) is 8.05. The molecule has 9 heteroatoms. The molecule has 0 amide bonds. The summed E-state index contributed by atoms with van der Waals surface area (Å²) in [6.45, 7) is 1.71. The van der Waals surface area contributed by atoms with Crippen LogP contribution < -0.4 is 14.1 Å². The van der Waals surface area contributed by atoms with E-state index in [1.54, 1.807) is 14.2 Å². The van der Waals surface area contributed by atoms with Gasteiger partial charge in [0, 0.05) is 40.5 Å². The van der Waals surface area contributed by atoms with Gasteiger partial charge in [-0.3, -0.25) is 0 Å². The monoisotopic (exact) mass is 551 g/mol. The van der Waals surface area contributed by atoms with Crippen molar-refractivity contribution in [3.8, 4) is 23.8 Å². The summed E-state index contributed by atoms with van der Waals surface area (Å²) in [4.78, 5) is 8.92. The lowest BCUT2D eigenvalue weighted by atomic mass is 10.2. The van der Waals surface area contributed by atoms with Crippen molar-refractivity contribution in [1.29, 1.82) is 0 Å². The average molecular weight is 551 g/mol. The molecular weight excluding hydrogens is 528 g/mol. The number of anilines is 2. The molecule has 0 N–H and O–H groups in total. The molecule has 0 aliphatic carbocycles. The van der Waals surface area contributed by atoms with E-state index in [2.05, 4.69) is 47.9 Å². The summed E-state index contributed by atoms with van der Waals surface area (Å²) >= 11 is 2.22. The lowest BCUT2D eigenvalue weighted by Gasteiger charge is -2.21. The number of terminal acetylenes is 1. The highest BCUT2D eigenvalue weighted by Gasteiger charge is 2.16. The minimum atomic E-state index is 0.388. The quantitative estimate of drug-likeness (QED) is 0.162. The van der Waals surface area contributed by atoms with Crippen molar-refractivity contribution in [3.63, 3.8) is 0 Å². The van der Waals surface area contributed by atoms with Crippen LogP contribution in [0.4, 0.5) is 11.5 Å². The smallest absolute Gasteiger partial charge is 0.163 e. The van der Waals surface area contributed by atoms with Crippen LogP contribution in [0.5, 0.6) is 11.5 Å². The van der Waals surface area contributed by atoms with E-state index in [4.69, 9.17) is 25.4 Å². The normalized spacial score (nSPS) is 10.7. The fraction of sp³-hybridized carbons (Fsp3) is 0.273. The Morgan fingerprint density at radius 1 is 1.00 bits per heavy atom. The Hall–Kier alpha value is -2.18. The van der Waals surface area contributed by atoms with Gasteiger partial charge in [0.05, 0.1) is 18.7 Å². The van der Waals surface area contributed by atoms with E-state index in [1.807, 2.05) is 35.0 Å². The van der Waals surface area contributed by atoms with Crippen LogP contribution in [0.2, 0.25) is 0 Å². The number of aromatic nitrogens is 2. The third-order valence-corrected chi connectivity index (χ3v) is 5.87. The first-order valence-electron chi connectivity index (χ1n) is 9.42. The number of methoxy groups -OCH3 is 2. The highest BCUT2D eigenvalue weighted by atomic mass is 127. The van der Waals surface area contributed by atoms with E-state index >= 15 is 0 Å². The van der Waals surface area contributed by atoms with Gasteiger partial charge < -0.3 is 23.6 Å². The summed E-state index contributed by atoms with van der Waals surface area (Å²) in [6, 6.07) is 9.64. The Bertz CT molecular complexity index is 1090. The van der Waals surface area contributed by atoms with Gasteiger partial charge in [-0.15, -0.1) is 6.42 Å². The van der Waals surface area contributed by atoms with Crippen molar-refractivity contribution >= 4 is 54.4 Å².